The number of nitrogens with zero attached hydrogens (tertiary/aromatic N) is 1. The van der Waals surface area contributed by atoms with E-state index in [1.165, 1.54) is 38.5 Å². The number of rotatable bonds is 11. The molecule has 3 nitrogen and oxygen atoms in total. The van der Waals surface area contributed by atoms with E-state index >= 15 is 0 Å². The van der Waals surface area contributed by atoms with E-state index in [1.807, 2.05) is 0 Å². The molecule has 1 saturated heterocycles. The van der Waals surface area contributed by atoms with Crippen LogP contribution in [0.2, 0.25) is 0 Å². The van der Waals surface area contributed by atoms with Crippen LogP contribution >= 0.6 is 0 Å². The minimum atomic E-state index is -0.597. The largest absolute Gasteiger partial charge is 0.480 e. The van der Waals surface area contributed by atoms with E-state index in [0.29, 0.717) is 0 Å². The van der Waals surface area contributed by atoms with Crippen molar-refractivity contribution in [3.63, 3.8) is 0 Å². The summed E-state index contributed by atoms with van der Waals surface area (Å²) >= 11 is 0. The summed E-state index contributed by atoms with van der Waals surface area (Å²) in [4.78, 5) is 13.9. The minimum Gasteiger partial charge on any atom is -0.480 e. The van der Waals surface area contributed by atoms with Crippen LogP contribution in [-0.4, -0.2) is 34.6 Å². The molecule has 1 heterocycles. The summed E-state index contributed by atoms with van der Waals surface area (Å²) in [6.45, 7) is 6.28. The highest BCUT2D eigenvalue weighted by molar-refractivity contribution is 5.79. The smallest absolute Gasteiger partial charge is 0.324 e. The summed E-state index contributed by atoms with van der Waals surface area (Å²) in [5, 5.41) is 9.62. The number of aliphatic carboxylic acids is 1. The van der Waals surface area contributed by atoms with E-state index in [4.69, 9.17) is 0 Å². The molecule has 0 aromatic rings. The lowest BCUT2D eigenvalue weighted by Gasteiger charge is -2.34. The van der Waals surface area contributed by atoms with Crippen LogP contribution in [0.15, 0.2) is 0 Å². The fraction of sp³-hybridized carbons (Fsp3) is 0.941. The van der Waals surface area contributed by atoms with E-state index < -0.39 is 11.5 Å². The second kappa shape index (κ2) is 9.38. The lowest BCUT2D eigenvalue weighted by molar-refractivity contribution is -0.150. The van der Waals surface area contributed by atoms with Gasteiger partial charge in [0.05, 0.1) is 0 Å². The van der Waals surface area contributed by atoms with Gasteiger partial charge in [-0.05, 0) is 38.8 Å². The van der Waals surface area contributed by atoms with Gasteiger partial charge in [-0.15, -0.1) is 0 Å². The van der Waals surface area contributed by atoms with Crippen molar-refractivity contribution in [3.8, 4) is 0 Å². The number of hydrogen-bond donors (Lipinski definition) is 1. The first-order valence-corrected chi connectivity index (χ1v) is 8.66. The van der Waals surface area contributed by atoms with Crippen LogP contribution in [0.25, 0.3) is 0 Å². The molecule has 1 N–H and O–H groups in total. The Labute approximate surface area is 124 Å². The molecule has 1 aliphatic heterocycles. The zero-order valence-corrected chi connectivity index (χ0v) is 13.5. The Kier molecular flexibility index (Phi) is 8.20. The third-order valence-corrected chi connectivity index (χ3v) is 4.72. The van der Waals surface area contributed by atoms with Crippen LogP contribution in [0, 0.1) is 0 Å². The van der Waals surface area contributed by atoms with Crippen LogP contribution in [0.4, 0.5) is 0 Å². The maximum absolute atomic E-state index is 11.7. The Bertz CT molecular complexity index is 280. The molecule has 1 fully saturated rings. The maximum Gasteiger partial charge on any atom is 0.324 e. The van der Waals surface area contributed by atoms with Gasteiger partial charge in [-0.1, -0.05) is 58.8 Å². The molecular weight excluding hydrogens is 250 g/mol. The minimum absolute atomic E-state index is 0.545. The van der Waals surface area contributed by atoms with Crippen LogP contribution < -0.4 is 0 Å². The highest BCUT2D eigenvalue weighted by Crippen LogP contribution is 2.34. The first-order valence-electron chi connectivity index (χ1n) is 8.66. The van der Waals surface area contributed by atoms with Crippen molar-refractivity contribution in [2.75, 3.05) is 13.1 Å². The number of carboxylic acids is 1. The van der Waals surface area contributed by atoms with E-state index in [1.54, 1.807) is 0 Å². The fourth-order valence-corrected chi connectivity index (χ4v) is 3.57. The van der Waals surface area contributed by atoms with Gasteiger partial charge < -0.3 is 5.11 Å². The second-order valence-electron chi connectivity index (χ2n) is 6.30. The topological polar surface area (TPSA) is 40.5 Å². The quantitative estimate of drug-likeness (QED) is 0.569. The van der Waals surface area contributed by atoms with Gasteiger partial charge in [0.1, 0.15) is 5.54 Å². The monoisotopic (exact) mass is 283 g/mol. The fourth-order valence-electron chi connectivity index (χ4n) is 3.57. The highest BCUT2D eigenvalue weighted by Gasteiger charge is 2.46. The average molecular weight is 283 g/mol. The standard InChI is InChI=1S/C17H33NO2/c1-3-5-6-7-8-9-10-14-18-15-11-13-17(18,12-4-2)16(19)20/h3-15H2,1-2H3,(H,19,20). The molecule has 1 unspecified atom stereocenters. The molecule has 0 aliphatic carbocycles. The Balaban J connectivity index is 2.29. The highest BCUT2D eigenvalue weighted by atomic mass is 16.4. The summed E-state index contributed by atoms with van der Waals surface area (Å²) in [5.74, 6) is -0.597. The number of carboxylic acid groups (broad SMARTS) is 1. The van der Waals surface area contributed by atoms with Gasteiger partial charge in [-0.2, -0.15) is 0 Å². The molecule has 1 aliphatic rings. The summed E-state index contributed by atoms with van der Waals surface area (Å²) in [6.07, 6.45) is 12.7. The molecule has 1 atom stereocenters. The molecule has 0 radical (unpaired) electrons. The van der Waals surface area contributed by atoms with Crippen molar-refractivity contribution in [2.24, 2.45) is 0 Å². The Morgan fingerprint density at radius 1 is 1.05 bits per heavy atom. The normalized spacial score (nSPS) is 23.3. The van der Waals surface area contributed by atoms with Crippen molar-refractivity contribution in [3.05, 3.63) is 0 Å². The molecule has 0 aromatic carbocycles. The second-order valence-corrected chi connectivity index (χ2v) is 6.30. The molecule has 0 saturated carbocycles. The number of unbranched alkanes of at least 4 members (excludes halogenated alkanes) is 6. The third-order valence-electron chi connectivity index (χ3n) is 4.72. The van der Waals surface area contributed by atoms with Gasteiger partial charge in [-0.3, -0.25) is 9.69 Å². The van der Waals surface area contributed by atoms with Gasteiger partial charge in [-0.25, -0.2) is 0 Å². The summed E-state index contributed by atoms with van der Waals surface area (Å²) in [7, 11) is 0. The molecule has 0 bridgehead atoms. The molecule has 118 valence electrons. The van der Waals surface area contributed by atoms with Crippen molar-refractivity contribution in [2.45, 2.75) is 90.0 Å². The lowest BCUT2D eigenvalue weighted by atomic mass is 9.90. The van der Waals surface area contributed by atoms with Crippen LogP contribution in [-0.2, 0) is 4.79 Å². The molecule has 3 heteroatoms. The van der Waals surface area contributed by atoms with Crippen molar-refractivity contribution in [1.82, 2.24) is 4.90 Å². The van der Waals surface area contributed by atoms with E-state index in [-0.39, 0.29) is 0 Å². The van der Waals surface area contributed by atoms with Gasteiger partial charge in [0.25, 0.3) is 0 Å². The average Bonchev–Trinajstić information content (AvgIpc) is 2.82. The first-order chi connectivity index (χ1) is 9.67. The lowest BCUT2D eigenvalue weighted by Crippen LogP contribution is -2.50. The number of hydrogen-bond acceptors (Lipinski definition) is 2. The molecular formula is C17H33NO2. The SMILES string of the molecule is CCCCCCCCCN1CCCC1(CCC)C(=O)O. The van der Waals surface area contributed by atoms with E-state index in [0.717, 1.165) is 45.2 Å². The Morgan fingerprint density at radius 3 is 2.30 bits per heavy atom. The van der Waals surface area contributed by atoms with E-state index in [9.17, 15) is 9.90 Å². The van der Waals surface area contributed by atoms with Gasteiger partial charge >= 0.3 is 5.97 Å². The number of carbonyl (C=O) groups is 1. The number of likely N-dealkylation sites (tertiary alicyclic amines) is 1. The Hall–Kier alpha value is -0.570. The zero-order chi connectivity index (χ0) is 14.8. The van der Waals surface area contributed by atoms with Crippen molar-refractivity contribution >= 4 is 5.97 Å². The zero-order valence-electron chi connectivity index (χ0n) is 13.5. The molecule has 0 amide bonds. The van der Waals surface area contributed by atoms with Gasteiger partial charge in [0.2, 0.25) is 0 Å². The van der Waals surface area contributed by atoms with Crippen LogP contribution in [0.5, 0.6) is 0 Å². The third kappa shape index (κ3) is 4.76. The molecule has 0 spiro atoms. The van der Waals surface area contributed by atoms with Crippen LogP contribution in [0.3, 0.4) is 0 Å². The van der Waals surface area contributed by atoms with Gasteiger partial charge in [0.15, 0.2) is 0 Å². The first kappa shape index (κ1) is 17.5. The molecule has 1 rings (SSSR count). The van der Waals surface area contributed by atoms with Crippen LogP contribution in [0.1, 0.15) is 84.5 Å². The molecule has 20 heavy (non-hydrogen) atoms. The molecule has 0 aromatic heterocycles. The van der Waals surface area contributed by atoms with E-state index in [2.05, 4.69) is 18.7 Å². The predicted octanol–water partition coefficient (Wildman–Crippen LogP) is 4.46. The summed E-state index contributed by atoms with van der Waals surface area (Å²) in [5.41, 5.74) is -0.545. The predicted molar refractivity (Wildman–Crippen MR) is 84.1 cm³/mol. The van der Waals surface area contributed by atoms with Gasteiger partial charge in [0, 0.05) is 0 Å². The summed E-state index contributed by atoms with van der Waals surface area (Å²) in [6, 6.07) is 0. The Morgan fingerprint density at radius 2 is 1.70 bits per heavy atom. The maximum atomic E-state index is 11.7. The summed E-state index contributed by atoms with van der Waals surface area (Å²) < 4.78 is 0. The van der Waals surface area contributed by atoms with Crippen molar-refractivity contribution < 1.29 is 9.90 Å². The van der Waals surface area contributed by atoms with Crippen molar-refractivity contribution in [1.29, 1.82) is 0 Å².